The van der Waals surface area contributed by atoms with Gasteiger partial charge in [-0.3, -0.25) is 9.89 Å². The first-order chi connectivity index (χ1) is 14.1. The van der Waals surface area contributed by atoms with Crippen LogP contribution in [-0.2, 0) is 23.0 Å². The number of hydrogen-bond acceptors (Lipinski definition) is 6. The minimum Gasteiger partial charge on any atom is -0.507 e. The molecule has 9 nitrogen and oxygen atoms in total. The van der Waals surface area contributed by atoms with E-state index in [-0.39, 0.29) is 16.2 Å². The Balaban J connectivity index is 1.81. The van der Waals surface area contributed by atoms with Gasteiger partial charge in [0, 0.05) is 13.0 Å². The van der Waals surface area contributed by atoms with Gasteiger partial charge in [0.25, 0.3) is 5.91 Å². The highest BCUT2D eigenvalue weighted by Gasteiger charge is 2.19. The number of carbonyl (C=O) groups excluding carboxylic acids is 1. The van der Waals surface area contributed by atoms with Crippen molar-refractivity contribution in [2.45, 2.75) is 31.7 Å². The molecular weight excluding hydrogens is 406 g/mol. The van der Waals surface area contributed by atoms with Gasteiger partial charge in [0.1, 0.15) is 11.3 Å². The Labute approximate surface area is 174 Å². The van der Waals surface area contributed by atoms with E-state index < -0.39 is 15.9 Å². The first-order valence-corrected chi connectivity index (χ1v) is 10.6. The van der Waals surface area contributed by atoms with Crippen LogP contribution in [0.1, 0.15) is 38.3 Å². The van der Waals surface area contributed by atoms with E-state index in [1.165, 1.54) is 12.1 Å². The zero-order chi connectivity index (χ0) is 22.1. The SMILES string of the molecule is Cc1cc(CNc2n[nH]c(Cc3ccc(S(N)(=O)=O)cc3)c2C(N)=O)cc(C)c1O. The molecule has 1 heterocycles. The summed E-state index contributed by atoms with van der Waals surface area (Å²) in [5.41, 5.74) is 9.49. The molecule has 0 unspecified atom stereocenters. The highest BCUT2D eigenvalue weighted by molar-refractivity contribution is 7.89. The van der Waals surface area contributed by atoms with Crippen molar-refractivity contribution >= 4 is 21.7 Å². The molecule has 0 bridgehead atoms. The molecule has 1 amide bonds. The number of carbonyl (C=O) groups is 1. The summed E-state index contributed by atoms with van der Waals surface area (Å²) in [6, 6.07) is 9.72. The van der Waals surface area contributed by atoms with Crippen molar-refractivity contribution < 1.29 is 18.3 Å². The minimum atomic E-state index is -3.77. The summed E-state index contributed by atoms with van der Waals surface area (Å²) < 4.78 is 22.8. The smallest absolute Gasteiger partial charge is 0.254 e. The van der Waals surface area contributed by atoms with Crippen LogP contribution in [0.2, 0.25) is 0 Å². The quantitative estimate of drug-likeness (QED) is 0.383. The number of primary sulfonamides is 1. The lowest BCUT2D eigenvalue weighted by molar-refractivity contribution is 0.100. The average molecular weight is 430 g/mol. The van der Waals surface area contributed by atoms with E-state index in [4.69, 9.17) is 10.9 Å². The normalized spacial score (nSPS) is 11.4. The summed E-state index contributed by atoms with van der Waals surface area (Å²) in [5, 5.41) is 25.1. The number of aromatic nitrogens is 2. The van der Waals surface area contributed by atoms with E-state index in [0.29, 0.717) is 24.5 Å². The summed E-state index contributed by atoms with van der Waals surface area (Å²) in [4.78, 5) is 12.0. The van der Waals surface area contributed by atoms with Crippen molar-refractivity contribution in [3.05, 3.63) is 69.9 Å². The first kappa shape index (κ1) is 21.3. The molecule has 158 valence electrons. The zero-order valence-corrected chi connectivity index (χ0v) is 17.4. The van der Waals surface area contributed by atoms with Crippen molar-refractivity contribution in [3.8, 4) is 5.75 Å². The molecule has 0 spiro atoms. The molecule has 7 N–H and O–H groups in total. The van der Waals surface area contributed by atoms with E-state index in [1.54, 1.807) is 12.1 Å². The number of aryl methyl sites for hydroxylation is 2. The average Bonchev–Trinajstić information content (AvgIpc) is 3.06. The molecule has 0 aliphatic heterocycles. The second kappa shape index (κ2) is 8.17. The summed E-state index contributed by atoms with van der Waals surface area (Å²) >= 11 is 0. The van der Waals surface area contributed by atoms with Gasteiger partial charge in [0.2, 0.25) is 10.0 Å². The predicted octanol–water partition coefficient (Wildman–Crippen LogP) is 1.68. The summed E-state index contributed by atoms with van der Waals surface area (Å²) in [6.45, 7) is 4.01. The van der Waals surface area contributed by atoms with Gasteiger partial charge in [0.15, 0.2) is 5.82 Å². The maximum Gasteiger partial charge on any atom is 0.254 e. The Hall–Kier alpha value is -3.37. The Morgan fingerprint density at radius 1 is 1.13 bits per heavy atom. The van der Waals surface area contributed by atoms with E-state index in [1.807, 2.05) is 26.0 Å². The molecule has 0 aliphatic carbocycles. The zero-order valence-electron chi connectivity index (χ0n) is 16.6. The van der Waals surface area contributed by atoms with Crippen LogP contribution in [0.4, 0.5) is 5.82 Å². The number of nitrogens with two attached hydrogens (primary N) is 2. The summed E-state index contributed by atoms with van der Waals surface area (Å²) in [6.07, 6.45) is 0.301. The van der Waals surface area contributed by atoms with Gasteiger partial charge in [-0.2, -0.15) is 5.10 Å². The largest absolute Gasteiger partial charge is 0.507 e. The molecule has 3 rings (SSSR count). The molecule has 2 aromatic carbocycles. The monoisotopic (exact) mass is 429 g/mol. The first-order valence-electron chi connectivity index (χ1n) is 9.08. The van der Waals surface area contributed by atoms with Crippen LogP contribution < -0.4 is 16.2 Å². The topological polar surface area (TPSA) is 164 Å². The van der Waals surface area contributed by atoms with Crippen LogP contribution in [0, 0.1) is 13.8 Å². The lowest BCUT2D eigenvalue weighted by atomic mass is 10.0. The molecule has 3 aromatic rings. The fourth-order valence-electron chi connectivity index (χ4n) is 3.23. The highest BCUT2D eigenvalue weighted by atomic mass is 32.2. The van der Waals surface area contributed by atoms with Crippen LogP contribution in [0.25, 0.3) is 0 Å². The number of hydrogen-bond donors (Lipinski definition) is 5. The number of nitrogens with zero attached hydrogens (tertiary/aromatic N) is 1. The molecule has 0 fully saturated rings. The van der Waals surface area contributed by atoms with Gasteiger partial charge >= 0.3 is 0 Å². The number of aromatic hydroxyl groups is 1. The molecule has 0 aliphatic rings. The summed E-state index contributed by atoms with van der Waals surface area (Å²) in [7, 11) is -3.77. The molecule has 0 saturated heterocycles. The van der Waals surface area contributed by atoms with E-state index in [9.17, 15) is 18.3 Å². The van der Waals surface area contributed by atoms with Gasteiger partial charge in [-0.15, -0.1) is 0 Å². The molecule has 10 heteroatoms. The molecule has 0 radical (unpaired) electrons. The van der Waals surface area contributed by atoms with E-state index in [2.05, 4.69) is 15.5 Å². The standard InChI is InChI=1S/C20H23N5O4S/c1-11-7-14(8-12(2)18(11)26)10-23-20-17(19(21)27)16(24-25-20)9-13-3-5-15(6-4-13)30(22,28)29/h3-8,26H,9-10H2,1-2H3,(H2,21,27)(H2,22,28,29)(H2,23,24,25). The Morgan fingerprint density at radius 2 is 1.73 bits per heavy atom. The number of amides is 1. The van der Waals surface area contributed by atoms with Gasteiger partial charge in [-0.25, -0.2) is 13.6 Å². The number of H-pyrrole nitrogens is 1. The lowest BCUT2D eigenvalue weighted by Gasteiger charge is -2.09. The van der Waals surface area contributed by atoms with E-state index >= 15 is 0 Å². The minimum absolute atomic E-state index is 0.00725. The van der Waals surface area contributed by atoms with Gasteiger partial charge in [0.05, 0.1) is 10.6 Å². The van der Waals surface area contributed by atoms with Crippen molar-refractivity contribution in [1.82, 2.24) is 10.2 Å². The summed E-state index contributed by atoms with van der Waals surface area (Å²) in [5.74, 6) is -0.0606. The van der Waals surface area contributed by atoms with Crippen molar-refractivity contribution in [3.63, 3.8) is 0 Å². The Bertz CT molecular complexity index is 1180. The second-order valence-electron chi connectivity index (χ2n) is 7.09. The number of sulfonamides is 1. The number of phenolic OH excluding ortho intramolecular Hbond substituents is 1. The van der Waals surface area contributed by atoms with Crippen LogP contribution in [0.15, 0.2) is 41.3 Å². The highest BCUT2D eigenvalue weighted by Crippen LogP contribution is 2.25. The van der Waals surface area contributed by atoms with Gasteiger partial charge < -0.3 is 16.2 Å². The van der Waals surface area contributed by atoms with Crippen molar-refractivity contribution in [2.75, 3.05) is 5.32 Å². The number of nitrogens with one attached hydrogen (secondary N) is 2. The molecule has 30 heavy (non-hydrogen) atoms. The van der Waals surface area contributed by atoms with Crippen molar-refractivity contribution in [2.24, 2.45) is 10.9 Å². The maximum atomic E-state index is 12.0. The van der Waals surface area contributed by atoms with Crippen LogP contribution >= 0.6 is 0 Å². The number of phenols is 1. The maximum absolute atomic E-state index is 12.0. The van der Waals surface area contributed by atoms with Crippen molar-refractivity contribution in [1.29, 1.82) is 0 Å². The number of benzene rings is 2. The second-order valence-corrected chi connectivity index (χ2v) is 8.65. The van der Waals surface area contributed by atoms with Crippen LogP contribution in [-0.4, -0.2) is 29.6 Å². The Kier molecular flexibility index (Phi) is 5.81. The molecular formula is C20H23N5O4S. The van der Waals surface area contributed by atoms with Gasteiger partial charge in [-0.1, -0.05) is 24.3 Å². The van der Waals surface area contributed by atoms with Crippen LogP contribution in [0.5, 0.6) is 5.75 Å². The fraction of sp³-hybridized carbons (Fsp3) is 0.200. The fourth-order valence-corrected chi connectivity index (χ4v) is 3.75. The third-order valence-electron chi connectivity index (χ3n) is 4.73. The van der Waals surface area contributed by atoms with Crippen LogP contribution in [0.3, 0.4) is 0 Å². The number of primary amides is 1. The molecule has 0 saturated carbocycles. The third kappa shape index (κ3) is 4.61. The molecule has 1 aromatic heterocycles. The van der Waals surface area contributed by atoms with Gasteiger partial charge in [-0.05, 0) is 48.2 Å². The third-order valence-corrected chi connectivity index (χ3v) is 5.66. The lowest BCUT2D eigenvalue weighted by Crippen LogP contribution is -2.15. The molecule has 0 atom stereocenters. The Morgan fingerprint density at radius 3 is 2.27 bits per heavy atom. The number of anilines is 1. The van der Waals surface area contributed by atoms with E-state index in [0.717, 1.165) is 22.3 Å². The number of rotatable bonds is 7. The number of aromatic amines is 1. The predicted molar refractivity (Wildman–Crippen MR) is 113 cm³/mol.